The number of hydrogen-bond acceptors (Lipinski definition) is 6. The van der Waals surface area contributed by atoms with Crippen LogP contribution in [-0.2, 0) is 0 Å². The standard InChI is InChI=1S/C23H19N5O2S/c1-13-8-9-17(22-27-28-14(2)25-26-23(28)31-22)11-19(13)24-21(29)18-10-15-6-4-5-7-16(15)12-20(18)30-3/h4-12H,1-3H3,(H,24,29). The zero-order valence-electron chi connectivity index (χ0n) is 17.2. The van der Waals surface area contributed by atoms with Crippen molar-refractivity contribution >= 4 is 38.7 Å². The Balaban J connectivity index is 1.50. The average molecular weight is 430 g/mol. The number of aryl methyl sites for hydroxylation is 2. The summed E-state index contributed by atoms with van der Waals surface area (Å²) >= 11 is 1.45. The number of carbonyl (C=O) groups excluding carboxylic acids is 1. The highest BCUT2D eigenvalue weighted by molar-refractivity contribution is 7.19. The molecular formula is C23H19N5O2S. The third kappa shape index (κ3) is 3.40. The number of anilines is 1. The number of carbonyl (C=O) groups is 1. The lowest BCUT2D eigenvalue weighted by atomic mass is 10.0. The molecule has 8 heteroatoms. The molecule has 3 aromatic carbocycles. The average Bonchev–Trinajstić information content (AvgIpc) is 3.36. The molecule has 1 N–H and O–H groups in total. The highest BCUT2D eigenvalue weighted by atomic mass is 32.1. The van der Waals surface area contributed by atoms with Crippen LogP contribution < -0.4 is 10.1 Å². The van der Waals surface area contributed by atoms with Crippen LogP contribution in [-0.4, -0.2) is 32.8 Å². The molecular weight excluding hydrogens is 410 g/mol. The highest BCUT2D eigenvalue weighted by Crippen LogP contribution is 2.31. The quantitative estimate of drug-likeness (QED) is 0.440. The van der Waals surface area contributed by atoms with E-state index in [9.17, 15) is 4.79 Å². The van der Waals surface area contributed by atoms with Crippen molar-refractivity contribution in [2.24, 2.45) is 0 Å². The summed E-state index contributed by atoms with van der Waals surface area (Å²) in [6, 6.07) is 17.5. The van der Waals surface area contributed by atoms with Crippen LogP contribution in [0.4, 0.5) is 5.69 Å². The maximum Gasteiger partial charge on any atom is 0.259 e. The lowest BCUT2D eigenvalue weighted by Gasteiger charge is -2.13. The molecule has 1 amide bonds. The Morgan fingerprint density at radius 3 is 2.55 bits per heavy atom. The van der Waals surface area contributed by atoms with Gasteiger partial charge in [0.05, 0.1) is 12.7 Å². The Morgan fingerprint density at radius 2 is 1.81 bits per heavy atom. The molecule has 154 valence electrons. The fraction of sp³-hybridized carbons (Fsp3) is 0.130. The minimum Gasteiger partial charge on any atom is -0.496 e. The number of hydrogen-bond donors (Lipinski definition) is 1. The molecule has 5 rings (SSSR count). The molecule has 0 bridgehead atoms. The van der Waals surface area contributed by atoms with E-state index in [1.807, 2.05) is 68.4 Å². The van der Waals surface area contributed by atoms with Crippen molar-refractivity contribution in [3.63, 3.8) is 0 Å². The molecule has 2 heterocycles. The number of methoxy groups -OCH3 is 1. The van der Waals surface area contributed by atoms with Gasteiger partial charge in [-0.3, -0.25) is 4.79 Å². The molecule has 0 unspecified atom stereocenters. The highest BCUT2D eigenvalue weighted by Gasteiger charge is 2.16. The van der Waals surface area contributed by atoms with Gasteiger partial charge in [0.15, 0.2) is 5.82 Å². The Bertz CT molecular complexity index is 1450. The number of aromatic nitrogens is 4. The van der Waals surface area contributed by atoms with E-state index in [4.69, 9.17) is 4.74 Å². The SMILES string of the molecule is COc1cc2ccccc2cc1C(=O)Nc1cc(-c2nn3c(C)nnc3s2)ccc1C. The Labute approximate surface area is 182 Å². The van der Waals surface area contributed by atoms with Crippen molar-refractivity contribution in [3.05, 3.63) is 71.5 Å². The first-order valence-corrected chi connectivity index (χ1v) is 10.5. The van der Waals surface area contributed by atoms with Gasteiger partial charge < -0.3 is 10.1 Å². The van der Waals surface area contributed by atoms with Crippen LogP contribution in [0.5, 0.6) is 5.75 Å². The lowest BCUT2D eigenvalue weighted by molar-refractivity contribution is 0.102. The van der Waals surface area contributed by atoms with Gasteiger partial charge in [-0.15, -0.1) is 10.2 Å². The molecule has 7 nitrogen and oxygen atoms in total. The number of nitrogens with one attached hydrogen (secondary N) is 1. The Hall–Kier alpha value is -3.78. The predicted molar refractivity (Wildman–Crippen MR) is 122 cm³/mol. The first-order valence-electron chi connectivity index (χ1n) is 9.71. The molecule has 31 heavy (non-hydrogen) atoms. The molecule has 0 fully saturated rings. The number of ether oxygens (including phenoxy) is 1. The number of fused-ring (bicyclic) bond motifs is 2. The van der Waals surface area contributed by atoms with Gasteiger partial charge in [-0.2, -0.15) is 9.61 Å². The summed E-state index contributed by atoms with van der Waals surface area (Å²) in [7, 11) is 1.57. The van der Waals surface area contributed by atoms with E-state index < -0.39 is 0 Å². The van der Waals surface area contributed by atoms with E-state index >= 15 is 0 Å². The van der Waals surface area contributed by atoms with Crippen molar-refractivity contribution in [3.8, 4) is 16.3 Å². The molecule has 0 aliphatic rings. The lowest BCUT2D eigenvalue weighted by Crippen LogP contribution is -2.14. The summed E-state index contributed by atoms with van der Waals surface area (Å²) in [5, 5.41) is 18.6. The van der Waals surface area contributed by atoms with Gasteiger partial charge >= 0.3 is 0 Å². The second-order valence-electron chi connectivity index (χ2n) is 7.23. The smallest absolute Gasteiger partial charge is 0.259 e. The third-order valence-electron chi connectivity index (χ3n) is 5.19. The minimum atomic E-state index is -0.225. The Kier molecular flexibility index (Phi) is 4.63. The second kappa shape index (κ2) is 7.48. The van der Waals surface area contributed by atoms with Crippen LogP contribution in [0.2, 0.25) is 0 Å². The number of rotatable bonds is 4. The van der Waals surface area contributed by atoms with Crippen LogP contribution in [0.3, 0.4) is 0 Å². The first-order chi connectivity index (χ1) is 15.0. The maximum atomic E-state index is 13.2. The molecule has 0 saturated carbocycles. The largest absolute Gasteiger partial charge is 0.496 e. The van der Waals surface area contributed by atoms with Crippen molar-refractivity contribution in [2.75, 3.05) is 12.4 Å². The summed E-state index contributed by atoms with van der Waals surface area (Å²) in [6.07, 6.45) is 0. The van der Waals surface area contributed by atoms with Crippen LogP contribution >= 0.6 is 11.3 Å². The van der Waals surface area contributed by atoms with Gasteiger partial charge in [0.25, 0.3) is 5.91 Å². The topological polar surface area (TPSA) is 81.4 Å². The maximum absolute atomic E-state index is 13.2. The second-order valence-corrected chi connectivity index (χ2v) is 8.19. The van der Waals surface area contributed by atoms with Crippen molar-refractivity contribution in [2.45, 2.75) is 13.8 Å². The fourth-order valence-corrected chi connectivity index (χ4v) is 4.36. The Morgan fingerprint density at radius 1 is 1.03 bits per heavy atom. The van der Waals surface area contributed by atoms with E-state index in [0.29, 0.717) is 11.3 Å². The van der Waals surface area contributed by atoms with Crippen LogP contribution in [0.15, 0.2) is 54.6 Å². The van der Waals surface area contributed by atoms with E-state index in [2.05, 4.69) is 20.6 Å². The van der Waals surface area contributed by atoms with Crippen LogP contribution in [0, 0.1) is 13.8 Å². The number of nitrogens with zero attached hydrogens (tertiary/aromatic N) is 4. The van der Waals surface area contributed by atoms with Crippen LogP contribution in [0.25, 0.3) is 26.3 Å². The van der Waals surface area contributed by atoms with Gasteiger partial charge in [-0.05, 0) is 48.4 Å². The van der Waals surface area contributed by atoms with Crippen LogP contribution in [0.1, 0.15) is 21.7 Å². The van der Waals surface area contributed by atoms with Crippen molar-refractivity contribution in [1.82, 2.24) is 19.8 Å². The first kappa shape index (κ1) is 19.2. The zero-order valence-corrected chi connectivity index (χ0v) is 18.0. The molecule has 0 spiro atoms. The molecule has 0 aliphatic heterocycles. The van der Waals surface area contributed by atoms with Gasteiger partial charge in [0.2, 0.25) is 4.96 Å². The number of amides is 1. The molecule has 0 atom stereocenters. The summed E-state index contributed by atoms with van der Waals surface area (Å²) < 4.78 is 7.21. The summed E-state index contributed by atoms with van der Waals surface area (Å²) in [5.74, 6) is 1.05. The minimum absolute atomic E-state index is 0.225. The van der Waals surface area contributed by atoms with E-state index in [-0.39, 0.29) is 5.91 Å². The summed E-state index contributed by atoms with van der Waals surface area (Å²) in [4.78, 5) is 13.9. The molecule has 0 aliphatic carbocycles. The normalized spacial score (nSPS) is 11.2. The molecule has 5 aromatic rings. The fourth-order valence-electron chi connectivity index (χ4n) is 3.48. The van der Waals surface area contributed by atoms with Crippen molar-refractivity contribution in [1.29, 1.82) is 0 Å². The van der Waals surface area contributed by atoms with Gasteiger partial charge in [-0.25, -0.2) is 0 Å². The van der Waals surface area contributed by atoms with Crippen molar-refractivity contribution < 1.29 is 9.53 Å². The van der Waals surface area contributed by atoms with E-state index in [1.165, 1.54) is 11.3 Å². The monoisotopic (exact) mass is 429 g/mol. The van der Waals surface area contributed by atoms with Gasteiger partial charge in [0.1, 0.15) is 10.8 Å². The molecule has 0 saturated heterocycles. The molecule has 2 aromatic heterocycles. The summed E-state index contributed by atoms with van der Waals surface area (Å²) in [5.41, 5.74) is 3.07. The van der Waals surface area contributed by atoms with E-state index in [1.54, 1.807) is 11.6 Å². The predicted octanol–water partition coefficient (Wildman–Crippen LogP) is 4.88. The third-order valence-corrected chi connectivity index (χ3v) is 6.14. The summed E-state index contributed by atoms with van der Waals surface area (Å²) in [6.45, 7) is 3.82. The molecule has 0 radical (unpaired) electrons. The van der Waals surface area contributed by atoms with Gasteiger partial charge in [0, 0.05) is 11.3 Å². The van der Waals surface area contributed by atoms with Gasteiger partial charge in [-0.1, -0.05) is 47.7 Å². The number of benzene rings is 3. The zero-order chi connectivity index (χ0) is 21.5. The van der Waals surface area contributed by atoms with E-state index in [0.717, 1.165) is 43.4 Å².